The van der Waals surface area contributed by atoms with E-state index >= 15 is 0 Å². The number of hydrogen-bond donors (Lipinski definition) is 1. The Morgan fingerprint density at radius 1 is 1.00 bits per heavy atom. The molecule has 6 heteroatoms. The maximum atomic E-state index is 12.5. The Morgan fingerprint density at radius 2 is 1.77 bits per heavy atom. The summed E-state index contributed by atoms with van der Waals surface area (Å²) in [6, 6.07) is 7.79. The van der Waals surface area contributed by atoms with Gasteiger partial charge in [-0.15, -0.1) is 0 Å². The summed E-state index contributed by atoms with van der Waals surface area (Å²) in [5.74, 6) is 1.11. The Hall–Kier alpha value is -2.47. The Balaban J connectivity index is 1.66. The van der Waals surface area contributed by atoms with Gasteiger partial charge in [-0.05, 0) is 57.0 Å². The fraction of sp³-hybridized carbons (Fsp3) is 0.450. The number of benzene rings is 1. The number of H-pyrrole nitrogens is 1. The SMILES string of the molecule is Cc1ccc(-c2nc3nc(CN4CCCCCC4)cc(=O)n3[nH]2)cc1C. The predicted molar refractivity (Wildman–Crippen MR) is 102 cm³/mol. The van der Waals surface area contributed by atoms with E-state index in [1.54, 1.807) is 6.07 Å². The van der Waals surface area contributed by atoms with E-state index in [-0.39, 0.29) is 5.56 Å². The van der Waals surface area contributed by atoms with Crippen molar-refractivity contribution in [1.29, 1.82) is 0 Å². The summed E-state index contributed by atoms with van der Waals surface area (Å²) in [4.78, 5) is 24.1. The third-order valence-electron chi connectivity index (χ3n) is 5.25. The Morgan fingerprint density at radius 3 is 2.50 bits per heavy atom. The number of aryl methyl sites for hydroxylation is 2. The van der Waals surface area contributed by atoms with Crippen molar-refractivity contribution in [1.82, 2.24) is 24.5 Å². The van der Waals surface area contributed by atoms with Crippen LogP contribution in [-0.2, 0) is 6.54 Å². The van der Waals surface area contributed by atoms with Crippen molar-refractivity contribution in [3.05, 3.63) is 51.4 Å². The molecule has 1 aromatic carbocycles. The fourth-order valence-electron chi connectivity index (χ4n) is 3.55. The van der Waals surface area contributed by atoms with Crippen molar-refractivity contribution in [2.24, 2.45) is 0 Å². The number of nitrogens with zero attached hydrogens (tertiary/aromatic N) is 4. The number of nitrogens with one attached hydrogen (secondary N) is 1. The molecule has 4 rings (SSSR count). The lowest BCUT2D eigenvalue weighted by atomic mass is 10.1. The van der Waals surface area contributed by atoms with Crippen LogP contribution in [0.3, 0.4) is 0 Å². The number of likely N-dealkylation sites (tertiary alicyclic amines) is 1. The number of rotatable bonds is 3. The molecule has 6 nitrogen and oxygen atoms in total. The molecule has 1 saturated heterocycles. The van der Waals surface area contributed by atoms with Gasteiger partial charge in [-0.25, -0.2) is 4.98 Å². The highest BCUT2D eigenvalue weighted by atomic mass is 16.1. The van der Waals surface area contributed by atoms with Crippen LogP contribution in [0.25, 0.3) is 17.2 Å². The summed E-state index contributed by atoms with van der Waals surface area (Å²) in [7, 11) is 0. The van der Waals surface area contributed by atoms with Gasteiger partial charge < -0.3 is 0 Å². The molecule has 0 spiro atoms. The minimum Gasteiger partial charge on any atom is -0.298 e. The van der Waals surface area contributed by atoms with Crippen LogP contribution in [0.15, 0.2) is 29.1 Å². The molecule has 2 aromatic heterocycles. The Labute approximate surface area is 152 Å². The number of hydrogen-bond acceptors (Lipinski definition) is 4. The van der Waals surface area contributed by atoms with E-state index in [4.69, 9.17) is 0 Å². The fourth-order valence-corrected chi connectivity index (χ4v) is 3.55. The highest BCUT2D eigenvalue weighted by molar-refractivity contribution is 5.58. The van der Waals surface area contributed by atoms with Gasteiger partial charge in [0.1, 0.15) is 0 Å². The average Bonchev–Trinajstić information content (AvgIpc) is 2.88. The first-order valence-corrected chi connectivity index (χ1v) is 9.39. The van der Waals surface area contributed by atoms with Gasteiger partial charge in [0.25, 0.3) is 11.3 Å². The van der Waals surface area contributed by atoms with Crippen molar-refractivity contribution in [3.63, 3.8) is 0 Å². The molecule has 136 valence electrons. The van der Waals surface area contributed by atoms with Crippen LogP contribution in [-0.4, -0.2) is 37.6 Å². The van der Waals surface area contributed by atoms with Gasteiger partial charge in [-0.2, -0.15) is 9.50 Å². The molecule has 1 aliphatic rings. The Bertz CT molecular complexity index is 980. The first kappa shape index (κ1) is 17.0. The van der Waals surface area contributed by atoms with Crippen molar-refractivity contribution in [2.45, 2.75) is 46.1 Å². The molecule has 0 saturated carbocycles. The first-order valence-electron chi connectivity index (χ1n) is 9.39. The topological polar surface area (TPSA) is 66.3 Å². The van der Waals surface area contributed by atoms with Crippen LogP contribution >= 0.6 is 0 Å². The van der Waals surface area contributed by atoms with E-state index in [9.17, 15) is 4.79 Å². The van der Waals surface area contributed by atoms with Gasteiger partial charge in [-0.3, -0.25) is 14.8 Å². The average molecular weight is 351 g/mol. The second-order valence-corrected chi connectivity index (χ2v) is 7.28. The van der Waals surface area contributed by atoms with Crippen LogP contribution < -0.4 is 5.56 Å². The van der Waals surface area contributed by atoms with E-state index in [0.29, 0.717) is 11.6 Å². The first-order chi connectivity index (χ1) is 12.6. The van der Waals surface area contributed by atoms with Gasteiger partial charge in [0.2, 0.25) is 0 Å². The van der Waals surface area contributed by atoms with Crippen LogP contribution in [0.2, 0.25) is 0 Å². The summed E-state index contributed by atoms with van der Waals surface area (Å²) in [6.07, 6.45) is 5.04. The van der Waals surface area contributed by atoms with Crippen molar-refractivity contribution < 1.29 is 0 Å². The van der Waals surface area contributed by atoms with Gasteiger partial charge in [0, 0.05) is 18.2 Å². The Kier molecular flexibility index (Phi) is 4.59. The molecular weight excluding hydrogens is 326 g/mol. The van der Waals surface area contributed by atoms with Gasteiger partial charge >= 0.3 is 0 Å². The molecule has 1 N–H and O–H groups in total. The number of fused-ring (bicyclic) bond motifs is 1. The van der Waals surface area contributed by atoms with Gasteiger partial charge in [0.15, 0.2) is 5.82 Å². The lowest BCUT2D eigenvalue weighted by molar-refractivity contribution is 0.273. The standard InChI is InChI=1S/C20H25N5O/c1-14-7-8-16(11-15(14)2)19-22-20-21-17(12-18(26)25(20)23-19)13-24-9-5-3-4-6-10-24/h7-8,11-12H,3-6,9-10,13H2,1-2H3,(H,21,22,23). The zero-order chi connectivity index (χ0) is 18.1. The molecular formula is C20H25N5O. The summed E-state index contributed by atoms with van der Waals surface area (Å²) >= 11 is 0. The van der Waals surface area contributed by atoms with Crippen molar-refractivity contribution in [3.8, 4) is 11.4 Å². The van der Waals surface area contributed by atoms with Crippen LogP contribution in [0.5, 0.6) is 0 Å². The molecule has 1 aliphatic heterocycles. The lowest BCUT2D eigenvalue weighted by Gasteiger charge is -2.18. The molecule has 0 radical (unpaired) electrons. The lowest BCUT2D eigenvalue weighted by Crippen LogP contribution is -2.26. The predicted octanol–water partition coefficient (Wildman–Crippen LogP) is 3.08. The highest BCUT2D eigenvalue weighted by Crippen LogP contribution is 2.19. The van der Waals surface area contributed by atoms with E-state index in [1.165, 1.54) is 41.3 Å². The highest BCUT2D eigenvalue weighted by Gasteiger charge is 2.14. The van der Waals surface area contributed by atoms with E-state index < -0.39 is 0 Å². The molecule has 0 amide bonds. The monoisotopic (exact) mass is 351 g/mol. The second-order valence-electron chi connectivity index (χ2n) is 7.28. The number of aromatic nitrogens is 4. The molecule has 0 atom stereocenters. The molecule has 26 heavy (non-hydrogen) atoms. The van der Waals surface area contributed by atoms with Crippen molar-refractivity contribution >= 4 is 5.78 Å². The molecule has 3 aromatic rings. The zero-order valence-corrected chi connectivity index (χ0v) is 15.5. The minimum atomic E-state index is -0.109. The van der Waals surface area contributed by atoms with Crippen LogP contribution in [0, 0.1) is 13.8 Å². The molecule has 0 bridgehead atoms. The van der Waals surface area contributed by atoms with Crippen molar-refractivity contribution in [2.75, 3.05) is 13.1 Å². The van der Waals surface area contributed by atoms with E-state index in [2.05, 4.69) is 45.9 Å². The van der Waals surface area contributed by atoms with E-state index in [0.717, 1.165) is 30.9 Å². The third kappa shape index (κ3) is 3.42. The van der Waals surface area contributed by atoms with Gasteiger partial charge in [0.05, 0.1) is 5.69 Å². The summed E-state index contributed by atoms with van der Waals surface area (Å²) in [6.45, 7) is 7.03. The molecule has 0 unspecified atom stereocenters. The largest absolute Gasteiger partial charge is 0.298 e. The normalized spacial score (nSPS) is 16.1. The smallest absolute Gasteiger partial charge is 0.274 e. The molecule has 3 heterocycles. The summed E-state index contributed by atoms with van der Waals surface area (Å²) in [5.41, 5.74) is 4.09. The maximum Gasteiger partial charge on any atom is 0.274 e. The molecule has 0 aliphatic carbocycles. The van der Waals surface area contributed by atoms with Crippen LogP contribution in [0.4, 0.5) is 0 Å². The zero-order valence-electron chi connectivity index (χ0n) is 15.5. The third-order valence-corrected chi connectivity index (χ3v) is 5.25. The van der Waals surface area contributed by atoms with E-state index in [1.807, 2.05) is 6.07 Å². The molecule has 1 fully saturated rings. The second kappa shape index (κ2) is 7.03. The van der Waals surface area contributed by atoms with Crippen LogP contribution in [0.1, 0.15) is 42.5 Å². The number of aromatic amines is 1. The quantitative estimate of drug-likeness (QED) is 0.787. The maximum absolute atomic E-state index is 12.5. The summed E-state index contributed by atoms with van der Waals surface area (Å²) < 4.78 is 1.43. The summed E-state index contributed by atoms with van der Waals surface area (Å²) in [5, 5.41) is 3.08. The minimum absolute atomic E-state index is 0.109. The van der Waals surface area contributed by atoms with Gasteiger partial charge in [-0.1, -0.05) is 25.0 Å².